The molecule has 1 heterocycles. The van der Waals surface area contributed by atoms with Gasteiger partial charge in [0.25, 0.3) is 0 Å². The van der Waals surface area contributed by atoms with Crippen LogP contribution < -0.4 is 10.1 Å². The summed E-state index contributed by atoms with van der Waals surface area (Å²) in [7, 11) is 0. The summed E-state index contributed by atoms with van der Waals surface area (Å²) in [6.45, 7) is 6.12. The van der Waals surface area contributed by atoms with Crippen molar-refractivity contribution in [2.45, 2.75) is 26.8 Å². The Hall–Kier alpha value is -2.01. The lowest BCUT2D eigenvalue weighted by Gasteiger charge is -2.09. The average molecular weight is 305 g/mol. The van der Waals surface area contributed by atoms with Crippen LogP contribution in [0.25, 0.3) is 10.4 Å². The summed E-state index contributed by atoms with van der Waals surface area (Å²) in [4.78, 5) is 12.6. The molecule has 0 atom stereocenters. The van der Waals surface area contributed by atoms with Crippen molar-refractivity contribution in [3.8, 4) is 16.2 Å². The zero-order valence-corrected chi connectivity index (χ0v) is 13.2. The second kappa shape index (κ2) is 7.13. The monoisotopic (exact) mass is 305 g/mol. The maximum Gasteiger partial charge on any atom is 0.513 e. The summed E-state index contributed by atoms with van der Waals surface area (Å²) in [5.74, 6) is 0.506. The fraction of sp³-hybridized carbons (Fsp3) is 0.312. The highest BCUT2D eigenvalue weighted by Gasteiger charge is 2.16. The fourth-order valence-corrected chi connectivity index (χ4v) is 2.93. The number of carbonyl (C=O) groups is 1. The number of hydrogen-bond acceptors (Lipinski definition) is 5. The van der Waals surface area contributed by atoms with Gasteiger partial charge < -0.3 is 14.8 Å². The highest BCUT2D eigenvalue weighted by atomic mass is 32.1. The minimum atomic E-state index is -0.679. The summed E-state index contributed by atoms with van der Waals surface area (Å²) in [6.07, 6.45) is -0.679. The number of ether oxygens (including phenoxy) is 2. The lowest BCUT2D eigenvalue weighted by atomic mass is 10.2. The van der Waals surface area contributed by atoms with Crippen LogP contribution in [-0.4, -0.2) is 18.8 Å². The first kappa shape index (κ1) is 15.4. The van der Waals surface area contributed by atoms with Gasteiger partial charge in [0.05, 0.1) is 6.61 Å². The van der Waals surface area contributed by atoms with Crippen molar-refractivity contribution >= 4 is 22.5 Å². The smallest absolute Gasteiger partial charge is 0.434 e. The third-order valence-electron chi connectivity index (χ3n) is 2.63. The maximum atomic E-state index is 11.5. The minimum Gasteiger partial charge on any atom is -0.434 e. The molecule has 0 saturated carbocycles. The van der Waals surface area contributed by atoms with E-state index in [9.17, 15) is 4.79 Å². The van der Waals surface area contributed by atoms with Crippen molar-refractivity contribution < 1.29 is 14.3 Å². The molecule has 0 unspecified atom stereocenters. The van der Waals surface area contributed by atoms with Gasteiger partial charge in [-0.3, -0.25) is 0 Å². The standard InChI is InChI=1S/C16H19NO3S/c1-4-19-16(18)20-13-10-14(12-8-6-5-7-9-12)21-15(13)17-11(2)3/h5-11,17H,4H2,1-3H3. The topological polar surface area (TPSA) is 47.6 Å². The van der Waals surface area contributed by atoms with Gasteiger partial charge in [-0.25, -0.2) is 4.79 Å². The zero-order chi connectivity index (χ0) is 15.2. The van der Waals surface area contributed by atoms with Crippen LogP contribution in [0.4, 0.5) is 9.80 Å². The summed E-state index contributed by atoms with van der Waals surface area (Å²) >= 11 is 1.56. The van der Waals surface area contributed by atoms with Gasteiger partial charge in [-0.05, 0) is 26.3 Å². The van der Waals surface area contributed by atoms with Gasteiger partial charge in [0.2, 0.25) is 0 Å². The lowest BCUT2D eigenvalue weighted by molar-refractivity contribution is 0.104. The fourth-order valence-electron chi connectivity index (χ4n) is 1.79. The first-order valence-electron chi connectivity index (χ1n) is 6.90. The van der Waals surface area contributed by atoms with Crippen molar-refractivity contribution in [2.24, 2.45) is 0 Å². The highest BCUT2D eigenvalue weighted by molar-refractivity contribution is 7.19. The molecular weight excluding hydrogens is 286 g/mol. The summed E-state index contributed by atoms with van der Waals surface area (Å²) in [6, 6.07) is 12.1. The number of rotatable bonds is 5. The van der Waals surface area contributed by atoms with Crippen molar-refractivity contribution in [3.05, 3.63) is 36.4 Å². The van der Waals surface area contributed by atoms with Crippen molar-refractivity contribution in [1.82, 2.24) is 0 Å². The Balaban J connectivity index is 2.29. The Bertz CT molecular complexity index is 593. The first-order valence-corrected chi connectivity index (χ1v) is 7.72. The highest BCUT2D eigenvalue weighted by Crippen LogP contribution is 2.41. The van der Waals surface area contributed by atoms with E-state index in [2.05, 4.69) is 5.32 Å². The largest absolute Gasteiger partial charge is 0.513 e. The molecule has 2 rings (SSSR count). The predicted octanol–water partition coefficient (Wildman–Crippen LogP) is 4.77. The normalized spacial score (nSPS) is 10.5. The van der Waals surface area contributed by atoms with Gasteiger partial charge in [-0.2, -0.15) is 0 Å². The number of nitrogens with one attached hydrogen (secondary N) is 1. The molecule has 0 amide bonds. The van der Waals surface area contributed by atoms with Gasteiger partial charge in [-0.15, -0.1) is 11.3 Å². The Morgan fingerprint density at radius 1 is 1.29 bits per heavy atom. The van der Waals surface area contributed by atoms with Crippen LogP contribution in [0.3, 0.4) is 0 Å². The Morgan fingerprint density at radius 2 is 2.00 bits per heavy atom. The molecule has 0 saturated heterocycles. The lowest BCUT2D eigenvalue weighted by Crippen LogP contribution is -2.13. The summed E-state index contributed by atoms with van der Waals surface area (Å²) in [5.41, 5.74) is 1.09. The molecule has 0 spiro atoms. The van der Waals surface area contributed by atoms with E-state index < -0.39 is 6.16 Å². The SMILES string of the molecule is CCOC(=O)Oc1cc(-c2ccccc2)sc1NC(C)C. The third-order valence-corrected chi connectivity index (χ3v) is 3.73. The quantitative estimate of drug-likeness (QED) is 0.808. The third kappa shape index (κ3) is 4.23. The van der Waals surface area contributed by atoms with Crippen LogP contribution in [0, 0.1) is 0 Å². The van der Waals surface area contributed by atoms with E-state index >= 15 is 0 Å². The first-order chi connectivity index (χ1) is 10.1. The van der Waals surface area contributed by atoms with Crippen molar-refractivity contribution in [2.75, 3.05) is 11.9 Å². The van der Waals surface area contributed by atoms with Gasteiger partial charge in [0.15, 0.2) is 5.75 Å². The Morgan fingerprint density at radius 3 is 2.62 bits per heavy atom. The van der Waals surface area contributed by atoms with Gasteiger partial charge in [-0.1, -0.05) is 30.3 Å². The number of benzene rings is 1. The average Bonchev–Trinajstić information content (AvgIpc) is 2.82. The van der Waals surface area contributed by atoms with E-state index in [-0.39, 0.29) is 6.04 Å². The van der Waals surface area contributed by atoms with E-state index in [1.165, 1.54) is 0 Å². The molecule has 21 heavy (non-hydrogen) atoms. The Kier molecular flexibility index (Phi) is 5.22. The van der Waals surface area contributed by atoms with E-state index in [4.69, 9.17) is 9.47 Å². The van der Waals surface area contributed by atoms with Gasteiger partial charge >= 0.3 is 6.16 Å². The van der Waals surface area contributed by atoms with Crippen molar-refractivity contribution in [1.29, 1.82) is 0 Å². The molecule has 0 aliphatic heterocycles. The van der Waals surface area contributed by atoms with Crippen LogP contribution in [0.1, 0.15) is 20.8 Å². The number of anilines is 1. The second-order valence-electron chi connectivity index (χ2n) is 4.75. The zero-order valence-electron chi connectivity index (χ0n) is 12.4. The van der Waals surface area contributed by atoms with E-state index in [0.29, 0.717) is 12.4 Å². The van der Waals surface area contributed by atoms with Crippen LogP contribution in [-0.2, 0) is 4.74 Å². The molecule has 2 aromatic rings. The van der Waals surface area contributed by atoms with Crippen LogP contribution in [0.15, 0.2) is 36.4 Å². The minimum absolute atomic E-state index is 0.247. The molecule has 0 bridgehead atoms. The van der Waals surface area contributed by atoms with Gasteiger partial charge in [0.1, 0.15) is 5.00 Å². The summed E-state index contributed by atoms with van der Waals surface area (Å²) < 4.78 is 10.1. The van der Waals surface area contributed by atoms with E-state index in [0.717, 1.165) is 15.4 Å². The molecule has 0 aliphatic carbocycles. The molecule has 0 fully saturated rings. The molecule has 1 aromatic carbocycles. The molecule has 112 valence electrons. The molecule has 1 aromatic heterocycles. The van der Waals surface area contributed by atoms with Crippen LogP contribution >= 0.6 is 11.3 Å². The second-order valence-corrected chi connectivity index (χ2v) is 5.81. The predicted molar refractivity (Wildman–Crippen MR) is 86.2 cm³/mol. The van der Waals surface area contributed by atoms with E-state index in [1.54, 1.807) is 18.3 Å². The Labute approximate surface area is 128 Å². The molecule has 0 aliphatic rings. The molecule has 4 nitrogen and oxygen atoms in total. The molecule has 5 heteroatoms. The van der Waals surface area contributed by atoms with Gasteiger partial charge in [0, 0.05) is 17.0 Å². The van der Waals surface area contributed by atoms with Crippen LogP contribution in [0.2, 0.25) is 0 Å². The van der Waals surface area contributed by atoms with Crippen molar-refractivity contribution in [3.63, 3.8) is 0 Å². The molecular formula is C16H19NO3S. The maximum absolute atomic E-state index is 11.5. The molecule has 1 N–H and O–H groups in total. The number of hydrogen-bond donors (Lipinski definition) is 1. The molecule has 0 radical (unpaired) electrons. The van der Waals surface area contributed by atoms with E-state index in [1.807, 2.05) is 50.2 Å². The number of carbonyl (C=O) groups excluding carboxylic acids is 1. The van der Waals surface area contributed by atoms with Crippen LogP contribution in [0.5, 0.6) is 5.75 Å². The summed E-state index contributed by atoms with van der Waals surface area (Å²) in [5, 5.41) is 4.13. The number of thiophene rings is 1.